The van der Waals surface area contributed by atoms with Gasteiger partial charge in [0.1, 0.15) is 0 Å². The van der Waals surface area contributed by atoms with Crippen LogP contribution in [0, 0.1) is 0 Å². The van der Waals surface area contributed by atoms with Crippen LogP contribution in [0.25, 0.3) is 12.2 Å². The van der Waals surface area contributed by atoms with Gasteiger partial charge in [-0.2, -0.15) is 0 Å². The van der Waals surface area contributed by atoms with Gasteiger partial charge in [-0.15, -0.1) is 0 Å². The molecule has 0 spiro atoms. The predicted octanol–water partition coefficient (Wildman–Crippen LogP) is 6.43. The molecule has 40 heavy (non-hydrogen) atoms. The molecule has 2 heterocycles. The van der Waals surface area contributed by atoms with E-state index < -0.39 is 0 Å². The van der Waals surface area contributed by atoms with Gasteiger partial charge in [-0.1, -0.05) is 58.0 Å². The zero-order valence-corrected chi connectivity index (χ0v) is 25.9. The highest BCUT2D eigenvalue weighted by Crippen LogP contribution is 2.20. The van der Waals surface area contributed by atoms with E-state index in [1.165, 1.54) is 33.6 Å². The van der Waals surface area contributed by atoms with Gasteiger partial charge in [0.2, 0.25) is 0 Å². The standard InChI is InChI=1S/C34H42N4S2/c1-35(2)33-13-9-29(10-14-33)5-7-31-17-21-37(22-18-31)25-27-39-40-28-26-38-23-19-32(20-24-38)8-6-30-11-15-34(16-12-30)36(3)4/h5,7,9-24H,6,8,25-28H2,1-4H3/q+2. The van der Waals surface area contributed by atoms with Gasteiger partial charge in [-0.3, -0.25) is 0 Å². The van der Waals surface area contributed by atoms with E-state index in [9.17, 15) is 0 Å². The summed E-state index contributed by atoms with van der Waals surface area (Å²) in [5.74, 6) is 2.21. The molecule has 0 unspecified atom stereocenters. The molecule has 4 aromatic rings. The largest absolute Gasteiger partial charge is 0.378 e. The summed E-state index contributed by atoms with van der Waals surface area (Å²) in [7, 11) is 12.2. The first kappa shape index (κ1) is 29.8. The van der Waals surface area contributed by atoms with E-state index in [1.807, 2.05) is 21.6 Å². The Morgan fingerprint density at radius 3 is 1.40 bits per heavy atom. The van der Waals surface area contributed by atoms with Crippen molar-refractivity contribution in [2.24, 2.45) is 0 Å². The number of pyridine rings is 2. The Bertz CT molecular complexity index is 1310. The Hall–Kier alpha value is -3.22. The Labute approximate surface area is 248 Å². The first-order valence-electron chi connectivity index (χ1n) is 13.9. The van der Waals surface area contributed by atoms with Gasteiger partial charge in [0, 0.05) is 63.8 Å². The Balaban J connectivity index is 1.10. The van der Waals surface area contributed by atoms with Crippen molar-refractivity contribution in [1.29, 1.82) is 0 Å². The van der Waals surface area contributed by atoms with E-state index in [0.717, 1.165) is 37.4 Å². The predicted molar refractivity (Wildman–Crippen MR) is 176 cm³/mol. The molecule has 0 amide bonds. The van der Waals surface area contributed by atoms with Crippen LogP contribution in [0.15, 0.2) is 97.6 Å². The lowest BCUT2D eigenvalue weighted by Crippen LogP contribution is -2.34. The summed E-state index contributed by atoms with van der Waals surface area (Å²) in [6.07, 6.45) is 15.3. The van der Waals surface area contributed by atoms with Crippen LogP contribution in [-0.2, 0) is 25.9 Å². The number of aryl methyl sites for hydroxylation is 4. The fourth-order valence-electron chi connectivity index (χ4n) is 4.26. The topological polar surface area (TPSA) is 14.2 Å². The molecule has 0 bridgehead atoms. The first-order valence-corrected chi connectivity index (χ1v) is 16.4. The maximum atomic E-state index is 2.29. The lowest BCUT2D eigenvalue weighted by Gasteiger charge is -2.12. The highest BCUT2D eigenvalue weighted by molar-refractivity contribution is 8.76. The van der Waals surface area contributed by atoms with E-state index in [0.29, 0.717) is 0 Å². The molecule has 0 aliphatic heterocycles. The third-order valence-electron chi connectivity index (χ3n) is 6.86. The second-order valence-corrected chi connectivity index (χ2v) is 13.0. The molecule has 0 aliphatic rings. The molecule has 0 radical (unpaired) electrons. The van der Waals surface area contributed by atoms with Gasteiger partial charge in [-0.05, 0) is 59.4 Å². The van der Waals surface area contributed by atoms with E-state index in [-0.39, 0.29) is 0 Å². The quantitative estimate of drug-likeness (QED) is 0.0985. The molecule has 0 fully saturated rings. The minimum atomic E-state index is 1.02. The molecule has 208 valence electrons. The lowest BCUT2D eigenvalue weighted by atomic mass is 10.1. The fourth-order valence-corrected chi connectivity index (χ4v) is 6.22. The van der Waals surface area contributed by atoms with Crippen LogP contribution in [0.1, 0.15) is 22.3 Å². The molecule has 4 nitrogen and oxygen atoms in total. The Morgan fingerprint density at radius 2 is 0.925 bits per heavy atom. The zero-order chi connectivity index (χ0) is 28.2. The van der Waals surface area contributed by atoms with E-state index in [2.05, 4.69) is 157 Å². The molecule has 0 saturated carbocycles. The number of hydrogen-bond acceptors (Lipinski definition) is 4. The number of aromatic nitrogens is 2. The van der Waals surface area contributed by atoms with Crippen molar-refractivity contribution in [1.82, 2.24) is 0 Å². The van der Waals surface area contributed by atoms with E-state index in [1.54, 1.807) is 0 Å². The molecule has 0 aliphatic carbocycles. The lowest BCUT2D eigenvalue weighted by molar-refractivity contribution is -0.692. The summed E-state index contributed by atoms with van der Waals surface area (Å²) in [5, 5.41) is 0. The average Bonchev–Trinajstić information content (AvgIpc) is 2.98. The number of anilines is 2. The van der Waals surface area contributed by atoms with Gasteiger partial charge >= 0.3 is 0 Å². The van der Waals surface area contributed by atoms with Crippen LogP contribution < -0.4 is 18.9 Å². The van der Waals surface area contributed by atoms with Crippen molar-refractivity contribution in [3.05, 3.63) is 120 Å². The first-order chi connectivity index (χ1) is 19.5. The highest BCUT2D eigenvalue weighted by Gasteiger charge is 2.05. The zero-order valence-electron chi connectivity index (χ0n) is 24.2. The number of rotatable bonds is 14. The van der Waals surface area contributed by atoms with Crippen LogP contribution in [0.4, 0.5) is 11.4 Å². The second kappa shape index (κ2) is 15.5. The minimum absolute atomic E-state index is 1.02. The molecule has 4 rings (SSSR count). The second-order valence-electron chi connectivity index (χ2n) is 10.3. The third kappa shape index (κ3) is 9.76. The van der Waals surface area contributed by atoms with E-state index in [4.69, 9.17) is 0 Å². The van der Waals surface area contributed by atoms with Crippen LogP contribution >= 0.6 is 21.6 Å². The van der Waals surface area contributed by atoms with Gasteiger partial charge in [-0.25, -0.2) is 9.13 Å². The monoisotopic (exact) mass is 570 g/mol. The van der Waals surface area contributed by atoms with Gasteiger partial charge in [0.25, 0.3) is 0 Å². The SMILES string of the molecule is CN(C)c1ccc(/C=C/c2cc[n+](CCSSCC[n+]3ccc(CCc4ccc(N(C)C)cc4)cc3)cc2)cc1. The van der Waals surface area contributed by atoms with Crippen LogP contribution in [0.2, 0.25) is 0 Å². The van der Waals surface area contributed by atoms with Gasteiger partial charge in [0.15, 0.2) is 37.9 Å². The van der Waals surface area contributed by atoms with Crippen molar-refractivity contribution in [2.75, 3.05) is 49.5 Å². The van der Waals surface area contributed by atoms with Crippen molar-refractivity contribution < 1.29 is 9.13 Å². The summed E-state index contributed by atoms with van der Waals surface area (Å²) in [6, 6.07) is 26.4. The summed E-state index contributed by atoms with van der Waals surface area (Å²) >= 11 is 0. The van der Waals surface area contributed by atoms with Crippen molar-refractivity contribution in [2.45, 2.75) is 25.9 Å². The minimum Gasteiger partial charge on any atom is -0.378 e. The Kier molecular flexibility index (Phi) is 11.6. The number of nitrogens with zero attached hydrogens (tertiary/aromatic N) is 4. The van der Waals surface area contributed by atoms with Gasteiger partial charge < -0.3 is 9.80 Å². The molecule has 2 aromatic carbocycles. The molecule has 6 heteroatoms. The molecule has 0 atom stereocenters. The Morgan fingerprint density at radius 1 is 0.525 bits per heavy atom. The summed E-state index contributed by atoms with van der Waals surface area (Å²) < 4.78 is 4.56. The summed E-state index contributed by atoms with van der Waals surface area (Å²) in [4.78, 5) is 4.26. The van der Waals surface area contributed by atoms with Crippen molar-refractivity contribution >= 4 is 45.1 Å². The summed E-state index contributed by atoms with van der Waals surface area (Å²) in [6.45, 7) is 2.06. The van der Waals surface area contributed by atoms with Crippen molar-refractivity contribution in [3.63, 3.8) is 0 Å². The maximum Gasteiger partial charge on any atom is 0.169 e. The molecule has 2 aromatic heterocycles. The molecule has 0 N–H and O–H groups in total. The molecule has 0 saturated heterocycles. The average molecular weight is 571 g/mol. The molecular formula is C34H42N4S2+2. The number of hydrogen-bond donors (Lipinski definition) is 0. The fraction of sp³-hybridized carbons (Fsp3) is 0.294. The molecular weight excluding hydrogens is 529 g/mol. The van der Waals surface area contributed by atoms with E-state index >= 15 is 0 Å². The highest BCUT2D eigenvalue weighted by atomic mass is 33.1. The normalized spacial score (nSPS) is 11.2. The van der Waals surface area contributed by atoms with Crippen LogP contribution in [-0.4, -0.2) is 39.7 Å². The van der Waals surface area contributed by atoms with Crippen molar-refractivity contribution in [3.8, 4) is 0 Å². The van der Waals surface area contributed by atoms with Crippen LogP contribution in [0.3, 0.4) is 0 Å². The smallest absolute Gasteiger partial charge is 0.169 e. The maximum absolute atomic E-state index is 2.29. The summed E-state index contributed by atoms with van der Waals surface area (Å²) in [5.41, 5.74) is 7.69. The third-order valence-corrected chi connectivity index (χ3v) is 9.22. The number of benzene rings is 2. The van der Waals surface area contributed by atoms with Gasteiger partial charge in [0.05, 0.1) is 11.5 Å². The van der Waals surface area contributed by atoms with Crippen LogP contribution in [0.5, 0.6) is 0 Å².